The van der Waals surface area contributed by atoms with Crippen LogP contribution in [0.2, 0.25) is 0 Å². The van der Waals surface area contributed by atoms with Gasteiger partial charge in [-0.05, 0) is 31.7 Å². The molecule has 1 aliphatic heterocycles. The molecule has 78 valence electrons. The van der Waals surface area contributed by atoms with Gasteiger partial charge in [0.05, 0.1) is 0 Å². The molecule has 13 heavy (non-hydrogen) atoms. The van der Waals surface area contributed by atoms with E-state index in [1.807, 2.05) is 0 Å². The van der Waals surface area contributed by atoms with E-state index in [-0.39, 0.29) is 0 Å². The number of aliphatic hydroxyl groups is 1. The SMILES string of the molecule is COCCCN1CCC[C@H](CO)C1. The molecule has 0 amide bonds. The monoisotopic (exact) mass is 187 g/mol. The number of rotatable bonds is 5. The number of hydrogen-bond acceptors (Lipinski definition) is 3. The fraction of sp³-hybridized carbons (Fsp3) is 1.00. The topological polar surface area (TPSA) is 32.7 Å². The van der Waals surface area contributed by atoms with Crippen molar-refractivity contribution >= 4 is 0 Å². The first-order valence-corrected chi connectivity index (χ1v) is 5.19. The maximum Gasteiger partial charge on any atom is 0.0474 e. The Morgan fingerprint density at radius 2 is 2.38 bits per heavy atom. The highest BCUT2D eigenvalue weighted by atomic mass is 16.5. The van der Waals surface area contributed by atoms with Gasteiger partial charge in [-0.3, -0.25) is 0 Å². The lowest BCUT2D eigenvalue weighted by molar-refractivity contribution is 0.108. The van der Waals surface area contributed by atoms with Crippen molar-refractivity contribution in [1.82, 2.24) is 4.90 Å². The second-order valence-corrected chi connectivity index (χ2v) is 3.84. The van der Waals surface area contributed by atoms with Gasteiger partial charge in [-0.25, -0.2) is 0 Å². The highest BCUT2D eigenvalue weighted by Gasteiger charge is 2.18. The molecule has 0 aromatic carbocycles. The van der Waals surface area contributed by atoms with Gasteiger partial charge in [0.2, 0.25) is 0 Å². The van der Waals surface area contributed by atoms with Crippen molar-refractivity contribution in [1.29, 1.82) is 0 Å². The Morgan fingerprint density at radius 1 is 1.54 bits per heavy atom. The van der Waals surface area contributed by atoms with Gasteiger partial charge in [-0.1, -0.05) is 0 Å². The summed E-state index contributed by atoms with van der Waals surface area (Å²) >= 11 is 0. The Bertz CT molecular complexity index is 130. The van der Waals surface area contributed by atoms with Gasteiger partial charge in [0, 0.05) is 33.4 Å². The van der Waals surface area contributed by atoms with Crippen LogP contribution in [0.15, 0.2) is 0 Å². The summed E-state index contributed by atoms with van der Waals surface area (Å²) in [5.74, 6) is 0.510. The predicted octanol–water partition coefficient (Wildman–Crippen LogP) is 0.727. The molecular formula is C10H21NO2. The van der Waals surface area contributed by atoms with E-state index in [4.69, 9.17) is 9.84 Å². The largest absolute Gasteiger partial charge is 0.396 e. The van der Waals surface area contributed by atoms with E-state index in [0.717, 1.165) is 26.1 Å². The molecule has 0 bridgehead atoms. The van der Waals surface area contributed by atoms with Crippen molar-refractivity contribution in [3.05, 3.63) is 0 Å². The fourth-order valence-electron chi connectivity index (χ4n) is 1.94. The van der Waals surface area contributed by atoms with E-state index in [1.165, 1.54) is 19.4 Å². The molecule has 0 aromatic heterocycles. The van der Waals surface area contributed by atoms with Gasteiger partial charge in [0.1, 0.15) is 0 Å². The van der Waals surface area contributed by atoms with Crippen LogP contribution in [0.25, 0.3) is 0 Å². The summed E-state index contributed by atoms with van der Waals surface area (Å²) in [6, 6.07) is 0. The van der Waals surface area contributed by atoms with Gasteiger partial charge in [0.25, 0.3) is 0 Å². The molecule has 1 rings (SSSR count). The first kappa shape index (κ1) is 11.0. The highest BCUT2D eigenvalue weighted by Crippen LogP contribution is 2.15. The van der Waals surface area contributed by atoms with Crippen molar-refractivity contribution in [2.45, 2.75) is 19.3 Å². The zero-order chi connectivity index (χ0) is 9.52. The van der Waals surface area contributed by atoms with Crippen LogP contribution in [0.4, 0.5) is 0 Å². The summed E-state index contributed by atoms with van der Waals surface area (Å²) in [6.45, 7) is 4.58. The zero-order valence-corrected chi connectivity index (χ0v) is 8.54. The third-order valence-electron chi connectivity index (χ3n) is 2.68. The minimum absolute atomic E-state index is 0.348. The Morgan fingerprint density at radius 3 is 3.08 bits per heavy atom. The highest BCUT2D eigenvalue weighted by molar-refractivity contribution is 4.71. The lowest BCUT2D eigenvalue weighted by Gasteiger charge is -2.31. The molecule has 0 saturated carbocycles. The molecule has 0 spiro atoms. The van der Waals surface area contributed by atoms with Crippen LogP contribution >= 0.6 is 0 Å². The first-order valence-electron chi connectivity index (χ1n) is 5.19. The summed E-state index contributed by atoms with van der Waals surface area (Å²) in [6.07, 6.45) is 3.53. The molecule has 0 aromatic rings. The van der Waals surface area contributed by atoms with Gasteiger partial charge < -0.3 is 14.7 Å². The van der Waals surface area contributed by atoms with E-state index in [9.17, 15) is 0 Å². The van der Waals surface area contributed by atoms with E-state index in [0.29, 0.717) is 12.5 Å². The van der Waals surface area contributed by atoms with Crippen LogP contribution < -0.4 is 0 Å². The maximum atomic E-state index is 9.03. The Kier molecular flexibility index (Phi) is 5.35. The van der Waals surface area contributed by atoms with Crippen LogP contribution in [0.3, 0.4) is 0 Å². The molecule has 1 N–H and O–H groups in total. The van der Waals surface area contributed by atoms with E-state index in [1.54, 1.807) is 7.11 Å². The lowest BCUT2D eigenvalue weighted by Crippen LogP contribution is -2.37. The van der Waals surface area contributed by atoms with Crippen molar-refractivity contribution < 1.29 is 9.84 Å². The molecule has 1 heterocycles. The number of hydrogen-bond donors (Lipinski definition) is 1. The van der Waals surface area contributed by atoms with Crippen molar-refractivity contribution in [3.63, 3.8) is 0 Å². The molecule has 1 fully saturated rings. The molecule has 3 heteroatoms. The number of aliphatic hydroxyl groups excluding tert-OH is 1. The summed E-state index contributed by atoms with van der Waals surface area (Å²) in [5, 5.41) is 9.03. The minimum Gasteiger partial charge on any atom is -0.396 e. The van der Waals surface area contributed by atoms with E-state index in [2.05, 4.69) is 4.90 Å². The molecule has 1 aliphatic rings. The third kappa shape index (κ3) is 4.07. The predicted molar refractivity (Wildman–Crippen MR) is 52.7 cm³/mol. The molecule has 1 atom stereocenters. The van der Waals surface area contributed by atoms with Gasteiger partial charge in [-0.2, -0.15) is 0 Å². The van der Waals surface area contributed by atoms with Crippen LogP contribution in [0.1, 0.15) is 19.3 Å². The third-order valence-corrected chi connectivity index (χ3v) is 2.68. The fourth-order valence-corrected chi connectivity index (χ4v) is 1.94. The Balaban J connectivity index is 2.11. The number of methoxy groups -OCH3 is 1. The normalized spacial score (nSPS) is 24.9. The van der Waals surface area contributed by atoms with Crippen molar-refractivity contribution in [2.24, 2.45) is 5.92 Å². The van der Waals surface area contributed by atoms with Crippen LogP contribution in [0.5, 0.6) is 0 Å². The Hall–Kier alpha value is -0.120. The average molecular weight is 187 g/mol. The summed E-state index contributed by atoms with van der Waals surface area (Å²) in [4.78, 5) is 2.43. The quantitative estimate of drug-likeness (QED) is 0.644. The molecule has 0 aliphatic carbocycles. The standard InChI is InChI=1S/C10H21NO2/c1-13-7-3-6-11-5-2-4-10(8-11)9-12/h10,12H,2-9H2,1H3/t10-/m0/s1. The van der Waals surface area contributed by atoms with E-state index < -0.39 is 0 Å². The summed E-state index contributed by atoms with van der Waals surface area (Å²) < 4.78 is 5.01. The van der Waals surface area contributed by atoms with Gasteiger partial charge in [-0.15, -0.1) is 0 Å². The van der Waals surface area contributed by atoms with Crippen molar-refractivity contribution in [2.75, 3.05) is 40.0 Å². The second kappa shape index (κ2) is 6.35. The average Bonchev–Trinajstić information content (AvgIpc) is 2.19. The van der Waals surface area contributed by atoms with Gasteiger partial charge >= 0.3 is 0 Å². The first-order chi connectivity index (χ1) is 6.36. The zero-order valence-electron chi connectivity index (χ0n) is 8.54. The smallest absolute Gasteiger partial charge is 0.0474 e. The number of piperidine rings is 1. The number of ether oxygens (including phenoxy) is 1. The van der Waals surface area contributed by atoms with Crippen LogP contribution in [0, 0.1) is 5.92 Å². The summed E-state index contributed by atoms with van der Waals surface area (Å²) in [7, 11) is 1.74. The molecule has 0 radical (unpaired) electrons. The van der Waals surface area contributed by atoms with E-state index >= 15 is 0 Å². The maximum absolute atomic E-state index is 9.03. The summed E-state index contributed by atoms with van der Waals surface area (Å²) in [5.41, 5.74) is 0. The minimum atomic E-state index is 0.348. The number of nitrogens with zero attached hydrogens (tertiary/aromatic N) is 1. The Labute approximate surface area is 80.7 Å². The van der Waals surface area contributed by atoms with Crippen LogP contribution in [-0.4, -0.2) is 50.0 Å². The molecule has 0 unspecified atom stereocenters. The second-order valence-electron chi connectivity index (χ2n) is 3.84. The molecular weight excluding hydrogens is 166 g/mol. The van der Waals surface area contributed by atoms with Crippen molar-refractivity contribution in [3.8, 4) is 0 Å². The van der Waals surface area contributed by atoms with Crippen LogP contribution in [-0.2, 0) is 4.74 Å². The van der Waals surface area contributed by atoms with Gasteiger partial charge in [0.15, 0.2) is 0 Å². The molecule has 3 nitrogen and oxygen atoms in total. The lowest BCUT2D eigenvalue weighted by atomic mass is 9.99. The molecule has 1 saturated heterocycles. The number of likely N-dealkylation sites (tertiary alicyclic amines) is 1.